The van der Waals surface area contributed by atoms with E-state index in [4.69, 9.17) is 23.2 Å². The number of rotatable bonds is 8. The highest BCUT2D eigenvalue weighted by Crippen LogP contribution is 2.21. The van der Waals surface area contributed by atoms with Crippen molar-refractivity contribution in [3.05, 3.63) is 75.8 Å². The minimum absolute atomic E-state index is 0.0634. The molecule has 1 heterocycles. The van der Waals surface area contributed by atoms with Gasteiger partial charge < -0.3 is 15.2 Å². The number of hydrogen-bond donors (Lipinski definition) is 2. The maximum atomic E-state index is 13.2. The third-order valence-corrected chi connectivity index (χ3v) is 5.86. The number of anilines is 1. The van der Waals surface area contributed by atoms with Gasteiger partial charge in [0.1, 0.15) is 5.82 Å². The summed E-state index contributed by atoms with van der Waals surface area (Å²) in [5, 5.41) is 14.4. The first-order chi connectivity index (χ1) is 15.3. The van der Waals surface area contributed by atoms with E-state index in [1.807, 2.05) is 12.1 Å². The third-order valence-electron chi connectivity index (χ3n) is 4.20. The van der Waals surface area contributed by atoms with Gasteiger partial charge in [0, 0.05) is 23.8 Å². The normalized spacial score (nSPS) is 11.0. The lowest BCUT2D eigenvalue weighted by Crippen LogP contribution is -2.22. The molecule has 0 fully saturated rings. The van der Waals surface area contributed by atoms with Crippen LogP contribution in [0.3, 0.4) is 0 Å². The lowest BCUT2D eigenvalue weighted by Gasteiger charge is -2.06. The summed E-state index contributed by atoms with van der Waals surface area (Å²) in [6, 6.07) is 11.1. The number of benzene rings is 2. The number of carbonyl (C=O) groups is 2. The molecule has 2 N–H and O–H groups in total. The Morgan fingerprint density at radius 1 is 1.16 bits per heavy atom. The molecule has 7 nitrogen and oxygen atoms in total. The van der Waals surface area contributed by atoms with Gasteiger partial charge >= 0.3 is 0 Å². The Bertz CT molecular complexity index is 1170. The second kappa shape index (κ2) is 11.1. The average Bonchev–Trinajstić information content (AvgIpc) is 3.12. The third kappa shape index (κ3) is 6.56. The molecule has 2 amide bonds. The molecule has 2 aromatic carbocycles. The molecular formula is C21H18Cl2FN5O2S. The van der Waals surface area contributed by atoms with Gasteiger partial charge in [-0.2, -0.15) is 0 Å². The van der Waals surface area contributed by atoms with Crippen molar-refractivity contribution >= 4 is 58.5 Å². The minimum atomic E-state index is -0.558. The van der Waals surface area contributed by atoms with E-state index in [-0.39, 0.29) is 29.1 Å². The Hall–Kier alpha value is -2.88. The number of nitrogens with zero attached hydrogens (tertiary/aromatic N) is 3. The zero-order valence-corrected chi connectivity index (χ0v) is 19.1. The zero-order valence-electron chi connectivity index (χ0n) is 16.8. The smallest absolute Gasteiger partial charge is 0.244 e. The maximum Gasteiger partial charge on any atom is 0.244 e. The summed E-state index contributed by atoms with van der Waals surface area (Å²) in [5.41, 5.74) is 1.14. The highest BCUT2D eigenvalue weighted by atomic mass is 35.5. The Balaban J connectivity index is 1.49. The van der Waals surface area contributed by atoms with Gasteiger partial charge in [-0.05, 0) is 35.9 Å². The quantitative estimate of drug-likeness (QED) is 0.360. The first kappa shape index (κ1) is 23.8. The lowest BCUT2D eigenvalue weighted by molar-refractivity contribution is -0.116. The highest BCUT2D eigenvalue weighted by molar-refractivity contribution is 7.99. The first-order valence-electron chi connectivity index (χ1n) is 9.30. The van der Waals surface area contributed by atoms with Crippen LogP contribution in [-0.4, -0.2) is 32.3 Å². The fraction of sp³-hybridized carbons (Fsp3) is 0.143. The Morgan fingerprint density at radius 3 is 2.69 bits per heavy atom. The molecule has 0 atom stereocenters. The Kier molecular flexibility index (Phi) is 8.26. The molecule has 0 bridgehead atoms. The predicted molar refractivity (Wildman–Crippen MR) is 124 cm³/mol. The molecule has 3 aromatic rings. The molecule has 1 aromatic heterocycles. The average molecular weight is 494 g/mol. The number of aromatic nitrogens is 3. The molecule has 0 saturated heterocycles. The molecule has 0 unspecified atom stereocenters. The van der Waals surface area contributed by atoms with E-state index in [1.54, 1.807) is 29.8 Å². The van der Waals surface area contributed by atoms with Gasteiger partial charge in [-0.15, -0.1) is 10.2 Å². The molecule has 0 aliphatic rings. The van der Waals surface area contributed by atoms with Crippen molar-refractivity contribution in [2.45, 2.75) is 11.7 Å². The number of thioether (sulfide) groups is 1. The molecule has 0 aliphatic heterocycles. The molecule has 32 heavy (non-hydrogen) atoms. The molecule has 3 rings (SSSR count). The van der Waals surface area contributed by atoms with Crippen LogP contribution in [-0.2, 0) is 23.2 Å². The number of nitrogens with one attached hydrogen (secondary N) is 2. The van der Waals surface area contributed by atoms with Crippen LogP contribution in [0.2, 0.25) is 10.0 Å². The minimum Gasteiger partial charge on any atom is -0.345 e. The van der Waals surface area contributed by atoms with Gasteiger partial charge in [0.15, 0.2) is 11.0 Å². The summed E-state index contributed by atoms with van der Waals surface area (Å²) < 4.78 is 14.9. The summed E-state index contributed by atoms with van der Waals surface area (Å²) in [4.78, 5) is 24.2. The van der Waals surface area contributed by atoms with Crippen LogP contribution in [0.5, 0.6) is 0 Å². The monoisotopic (exact) mass is 493 g/mol. The molecule has 166 valence electrons. The van der Waals surface area contributed by atoms with E-state index >= 15 is 0 Å². The fourth-order valence-corrected chi connectivity index (χ4v) is 3.64. The maximum absolute atomic E-state index is 13.2. The number of amides is 2. The van der Waals surface area contributed by atoms with Crippen molar-refractivity contribution in [1.29, 1.82) is 0 Å². The van der Waals surface area contributed by atoms with Gasteiger partial charge in [-0.3, -0.25) is 9.59 Å². The largest absolute Gasteiger partial charge is 0.345 e. The molecule has 0 saturated carbocycles. The van der Waals surface area contributed by atoms with Crippen molar-refractivity contribution in [3.8, 4) is 0 Å². The van der Waals surface area contributed by atoms with Crippen LogP contribution in [0.15, 0.2) is 53.7 Å². The van der Waals surface area contributed by atoms with Gasteiger partial charge in [0.25, 0.3) is 0 Å². The summed E-state index contributed by atoms with van der Waals surface area (Å²) in [5.74, 6) is -0.581. The van der Waals surface area contributed by atoms with Gasteiger partial charge in [0.2, 0.25) is 11.8 Å². The number of carbonyl (C=O) groups excluding carboxylic acids is 2. The van der Waals surface area contributed by atoms with E-state index in [0.717, 1.165) is 5.56 Å². The molecular weight excluding hydrogens is 476 g/mol. The number of halogens is 3. The summed E-state index contributed by atoms with van der Waals surface area (Å²) >= 11 is 12.9. The molecule has 11 heteroatoms. The number of hydrogen-bond acceptors (Lipinski definition) is 5. The topological polar surface area (TPSA) is 88.9 Å². The Labute approximate surface area is 198 Å². The van der Waals surface area contributed by atoms with Crippen LogP contribution < -0.4 is 10.6 Å². The summed E-state index contributed by atoms with van der Waals surface area (Å²) in [6.07, 6.45) is 3.02. The van der Waals surface area contributed by atoms with Crippen LogP contribution in [0, 0.1) is 5.82 Å². The molecule has 0 aliphatic carbocycles. The standard InChI is InChI=1S/C21H18Cl2FN5O2S/c1-29-18(11-25-19(30)9-6-13-4-2-3-5-15(13)22)27-28-21(29)32-12-20(31)26-14-7-8-17(24)16(23)10-14/h2-10H,11-12H2,1H3,(H,25,30)(H,26,31)/b9-6+. The zero-order chi connectivity index (χ0) is 23.1. The van der Waals surface area contributed by atoms with E-state index < -0.39 is 5.82 Å². The van der Waals surface area contributed by atoms with Crippen LogP contribution in [0.4, 0.5) is 10.1 Å². The SMILES string of the molecule is Cn1c(CNC(=O)/C=C/c2ccccc2Cl)nnc1SCC(=O)Nc1ccc(F)c(Cl)c1. The van der Waals surface area contributed by atoms with E-state index in [2.05, 4.69) is 20.8 Å². The second-order valence-electron chi connectivity index (χ2n) is 6.50. The fourth-order valence-electron chi connectivity index (χ4n) is 2.53. The summed E-state index contributed by atoms with van der Waals surface area (Å²) in [7, 11) is 1.74. The van der Waals surface area contributed by atoms with E-state index in [0.29, 0.717) is 21.7 Å². The van der Waals surface area contributed by atoms with E-state index in [9.17, 15) is 14.0 Å². The predicted octanol–water partition coefficient (Wildman–Crippen LogP) is 4.32. The molecule has 0 radical (unpaired) electrons. The highest BCUT2D eigenvalue weighted by Gasteiger charge is 2.12. The first-order valence-corrected chi connectivity index (χ1v) is 11.0. The van der Waals surface area contributed by atoms with Gasteiger partial charge in [-0.1, -0.05) is 53.2 Å². The van der Waals surface area contributed by atoms with Crippen LogP contribution in [0.25, 0.3) is 6.08 Å². The van der Waals surface area contributed by atoms with Crippen molar-refractivity contribution < 1.29 is 14.0 Å². The van der Waals surface area contributed by atoms with Crippen LogP contribution >= 0.6 is 35.0 Å². The van der Waals surface area contributed by atoms with Crippen molar-refractivity contribution in [3.63, 3.8) is 0 Å². The second-order valence-corrected chi connectivity index (χ2v) is 8.25. The summed E-state index contributed by atoms with van der Waals surface area (Å²) in [6.45, 7) is 0.163. The van der Waals surface area contributed by atoms with Crippen LogP contribution in [0.1, 0.15) is 11.4 Å². The van der Waals surface area contributed by atoms with Crippen molar-refractivity contribution in [1.82, 2.24) is 20.1 Å². The van der Waals surface area contributed by atoms with E-state index in [1.165, 1.54) is 36.0 Å². The van der Waals surface area contributed by atoms with Crippen molar-refractivity contribution in [2.75, 3.05) is 11.1 Å². The van der Waals surface area contributed by atoms with Gasteiger partial charge in [-0.25, -0.2) is 4.39 Å². The lowest BCUT2D eigenvalue weighted by atomic mass is 10.2. The Morgan fingerprint density at radius 2 is 1.94 bits per heavy atom. The molecule has 0 spiro atoms. The van der Waals surface area contributed by atoms with Crippen molar-refractivity contribution in [2.24, 2.45) is 7.05 Å². The van der Waals surface area contributed by atoms with Gasteiger partial charge in [0.05, 0.1) is 17.3 Å².